The summed E-state index contributed by atoms with van der Waals surface area (Å²) in [6.45, 7) is 0. The Morgan fingerprint density at radius 3 is 1.67 bits per heavy atom. The van der Waals surface area contributed by atoms with E-state index < -0.39 is 9.39 Å². The largest absolute Gasteiger partial charge is 0.355 e. The molecule has 1 nitrogen and oxygen atoms in total. The van der Waals surface area contributed by atoms with E-state index in [1.54, 1.807) is 0 Å². The second-order valence-electron chi connectivity index (χ2n) is 2.63. The second-order valence-corrected chi connectivity index (χ2v) is 6.00. The first kappa shape index (κ1) is 14.5. The van der Waals surface area contributed by atoms with Crippen LogP contribution in [0.1, 0.15) is 0 Å². The Balaban J connectivity index is 3.50. The van der Waals surface area contributed by atoms with Crippen LogP contribution in [-0.4, -0.2) is 16.5 Å². The van der Waals surface area contributed by atoms with Crippen LogP contribution in [0.3, 0.4) is 0 Å². The molecular weight excluding hydrogens is 348 g/mol. The van der Waals surface area contributed by atoms with Crippen molar-refractivity contribution in [1.29, 1.82) is 0 Å². The monoisotopic (exact) mass is 348 g/mol. The zero-order chi connectivity index (χ0) is 12.0. The van der Waals surface area contributed by atoms with Crippen molar-refractivity contribution in [1.82, 2.24) is 0 Å². The summed E-state index contributed by atoms with van der Waals surface area (Å²) in [6, 6.07) is 0. The molecule has 8 heteroatoms. The van der Waals surface area contributed by atoms with E-state index in [1.807, 2.05) is 0 Å². The molecule has 0 spiro atoms. The molecule has 86 valence electrons. The summed E-state index contributed by atoms with van der Waals surface area (Å²) in [5, 5.41) is -2.12. The summed E-state index contributed by atoms with van der Waals surface area (Å²) in [6.07, 6.45) is 0. The Kier molecular flexibility index (Phi) is 4.48. The van der Waals surface area contributed by atoms with Gasteiger partial charge in [-0.2, -0.15) is 0 Å². The maximum atomic E-state index is 6.02. The van der Waals surface area contributed by atoms with Crippen molar-refractivity contribution in [2.24, 2.45) is 0 Å². The number of ether oxygens (including phenoxy) is 1. The predicted octanol–water partition coefficient (Wildman–Crippen LogP) is 5.13. The van der Waals surface area contributed by atoms with E-state index in [4.69, 9.17) is 85.9 Å². The molecule has 0 amide bonds. The van der Waals surface area contributed by atoms with Gasteiger partial charge < -0.3 is 4.74 Å². The lowest BCUT2D eigenvalue weighted by Gasteiger charge is -2.39. The van der Waals surface area contributed by atoms with Crippen molar-refractivity contribution < 1.29 is 4.74 Å². The van der Waals surface area contributed by atoms with E-state index in [1.165, 1.54) is 7.11 Å². The van der Waals surface area contributed by atoms with Crippen LogP contribution in [0.4, 0.5) is 0 Å². The van der Waals surface area contributed by atoms with Crippen LogP contribution in [0.5, 0.6) is 0 Å². The average Bonchev–Trinajstić information content (AvgIpc) is 2.21. The summed E-state index contributed by atoms with van der Waals surface area (Å²) in [5.41, 5.74) is 0. The summed E-state index contributed by atoms with van der Waals surface area (Å²) in [5.74, 6) is 0. The minimum Gasteiger partial charge on any atom is -0.355 e. The molecule has 1 unspecified atom stereocenters. The normalized spacial score (nSPS) is 31.2. The molecule has 0 fully saturated rings. The Morgan fingerprint density at radius 2 is 1.27 bits per heavy atom. The van der Waals surface area contributed by atoms with Gasteiger partial charge in [0, 0.05) is 7.11 Å². The van der Waals surface area contributed by atoms with Gasteiger partial charge in [-0.25, -0.2) is 0 Å². The van der Waals surface area contributed by atoms with Gasteiger partial charge >= 0.3 is 0 Å². The lowest BCUT2D eigenvalue weighted by atomic mass is 10.1. The van der Waals surface area contributed by atoms with E-state index in [0.717, 1.165) is 0 Å². The van der Waals surface area contributed by atoms with Crippen LogP contribution >= 0.6 is 81.2 Å². The third-order valence-corrected chi connectivity index (χ3v) is 5.82. The number of allylic oxidation sites excluding steroid dienone is 2. The molecule has 15 heavy (non-hydrogen) atoms. The van der Waals surface area contributed by atoms with Gasteiger partial charge in [-0.15, -0.1) is 0 Å². The van der Waals surface area contributed by atoms with Gasteiger partial charge in [0.15, 0.2) is 0 Å². The van der Waals surface area contributed by atoms with E-state index in [-0.39, 0.29) is 20.1 Å². The molecule has 0 bridgehead atoms. The highest BCUT2D eigenvalue weighted by Crippen LogP contribution is 2.58. The van der Waals surface area contributed by atoms with Gasteiger partial charge in [-0.3, -0.25) is 0 Å². The Labute approximate surface area is 122 Å². The molecular formula is C7H3Cl7O. The highest BCUT2D eigenvalue weighted by molar-refractivity contribution is 6.65. The molecule has 1 aliphatic rings. The van der Waals surface area contributed by atoms with Crippen molar-refractivity contribution in [3.8, 4) is 0 Å². The van der Waals surface area contributed by atoms with Gasteiger partial charge in [-0.1, -0.05) is 81.2 Å². The number of methoxy groups -OCH3 is 1. The topological polar surface area (TPSA) is 9.23 Å². The van der Waals surface area contributed by atoms with Gasteiger partial charge in [0.25, 0.3) is 0 Å². The quantitative estimate of drug-likeness (QED) is 0.595. The summed E-state index contributed by atoms with van der Waals surface area (Å²) < 4.78 is 3.14. The fraction of sp³-hybridized carbons (Fsp3) is 0.429. The van der Waals surface area contributed by atoms with E-state index >= 15 is 0 Å². The Hall–Kier alpha value is 1.47. The van der Waals surface area contributed by atoms with Crippen LogP contribution in [0.15, 0.2) is 20.1 Å². The summed E-state index contributed by atoms with van der Waals surface area (Å²) in [7, 11) is 1.27. The highest BCUT2D eigenvalue weighted by Gasteiger charge is 2.58. The van der Waals surface area contributed by atoms with Crippen LogP contribution in [0.2, 0.25) is 0 Å². The van der Waals surface area contributed by atoms with Gasteiger partial charge in [0.05, 0.1) is 20.1 Å². The number of halogens is 7. The second kappa shape index (κ2) is 4.62. The average molecular weight is 351 g/mol. The van der Waals surface area contributed by atoms with Gasteiger partial charge in [0.1, 0.15) is 0 Å². The molecule has 1 atom stereocenters. The third kappa shape index (κ3) is 2.00. The molecule has 0 N–H and O–H groups in total. The fourth-order valence-corrected chi connectivity index (χ4v) is 3.08. The first-order chi connectivity index (χ1) is 6.70. The van der Waals surface area contributed by atoms with E-state index in [9.17, 15) is 0 Å². The number of hydrogen-bond acceptors (Lipinski definition) is 1. The van der Waals surface area contributed by atoms with E-state index in [2.05, 4.69) is 0 Å². The Morgan fingerprint density at radius 1 is 0.867 bits per heavy atom. The number of hydrogen-bond donors (Lipinski definition) is 0. The van der Waals surface area contributed by atoms with Crippen molar-refractivity contribution in [2.45, 2.75) is 9.39 Å². The zero-order valence-electron chi connectivity index (χ0n) is 7.05. The first-order valence-corrected chi connectivity index (χ1v) is 6.08. The standard InChI is InChI=1S/C7H3Cl7O/c1-15-7(14)5(11)3(9)2(8)4(10)6(7,12)13/h1H3. The van der Waals surface area contributed by atoms with Gasteiger partial charge in [0.2, 0.25) is 9.39 Å². The van der Waals surface area contributed by atoms with Crippen molar-refractivity contribution >= 4 is 81.2 Å². The van der Waals surface area contributed by atoms with Crippen LogP contribution in [0.25, 0.3) is 0 Å². The lowest BCUT2D eigenvalue weighted by Crippen LogP contribution is -2.46. The third-order valence-electron chi connectivity index (χ3n) is 1.82. The minimum absolute atomic E-state index is 0.0443. The maximum Gasteiger partial charge on any atom is 0.217 e. The Bertz CT molecular complexity index is 358. The first-order valence-electron chi connectivity index (χ1n) is 3.44. The SMILES string of the molecule is COC1(Cl)C(Cl)=C(Cl)C(Cl)=C(Cl)C1(Cl)Cl. The predicted molar refractivity (Wildman–Crippen MR) is 67.5 cm³/mol. The van der Waals surface area contributed by atoms with Crippen LogP contribution in [-0.2, 0) is 4.74 Å². The summed E-state index contributed by atoms with van der Waals surface area (Å²) >= 11 is 41.2. The van der Waals surface area contributed by atoms with Crippen LogP contribution < -0.4 is 0 Å². The minimum atomic E-state index is -1.81. The lowest BCUT2D eigenvalue weighted by molar-refractivity contribution is 0.0942. The van der Waals surface area contributed by atoms with Crippen molar-refractivity contribution in [2.75, 3.05) is 7.11 Å². The van der Waals surface area contributed by atoms with Crippen molar-refractivity contribution in [3.63, 3.8) is 0 Å². The molecule has 1 rings (SSSR count). The molecule has 0 aromatic carbocycles. The van der Waals surface area contributed by atoms with Crippen LogP contribution in [0, 0.1) is 0 Å². The number of rotatable bonds is 1. The van der Waals surface area contributed by atoms with Crippen molar-refractivity contribution in [3.05, 3.63) is 20.1 Å². The molecule has 0 aliphatic heterocycles. The molecule has 0 heterocycles. The summed E-state index contributed by atoms with van der Waals surface area (Å²) in [4.78, 5) is 0. The molecule has 0 aromatic heterocycles. The maximum absolute atomic E-state index is 6.02. The fourth-order valence-electron chi connectivity index (χ4n) is 0.968. The smallest absolute Gasteiger partial charge is 0.217 e. The molecule has 0 radical (unpaired) electrons. The molecule has 0 aromatic rings. The molecule has 0 saturated carbocycles. The zero-order valence-corrected chi connectivity index (χ0v) is 12.3. The van der Waals surface area contributed by atoms with E-state index in [0.29, 0.717) is 0 Å². The molecule has 0 saturated heterocycles. The van der Waals surface area contributed by atoms with Gasteiger partial charge in [-0.05, 0) is 0 Å². The highest BCUT2D eigenvalue weighted by atomic mass is 35.5. The number of alkyl halides is 3. The molecule has 1 aliphatic carbocycles.